The van der Waals surface area contributed by atoms with Crippen molar-refractivity contribution in [2.24, 2.45) is 0 Å². The van der Waals surface area contributed by atoms with E-state index in [1.807, 2.05) is 0 Å². The van der Waals surface area contributed by atoms with Crippen molar-refractivity contribution in [1.82, 2.24) is 0 Å². The highest BCUT2D eigenvalue weighted by atomic mass is 32.2. The Balaban J connectivity index is 2.12. The summed E-state index contributed by atoms with van der Waals surface area (Å²) in [6, 6.07) is 8.18. The number of benzene rings is 2. The van der Waals surface area contributed by atoms with E-state index in [2.05, 4.69) is 0 Å². The monoisotopic (exact) mass is 375 g/mol. The van der Waals surface area contributed by atoms with Gasteiger partial charge in [0.05, 0.1) is 16.9 Å². The lowest BCUT2D eigenvalue weighted by Gasteiger charge is -2.26. The van der Waals surface area contributed by atoms with Gasteiger partial charge in [0.2, 0.25) is 5.91 Å². The number of aryl methyl sites for hydroxylation is 1. The molecule has 0 spiro atoms. The van der Waals surface area contributed by atoms with Gasteiger partial charge in [0.1, 0.15) is 11.2 Å². The molecular formula is C18H14FNO5S. The number of amides is 1. The van der Waals surface area contributed by atoms with Crippen LogP contribution in [0.5, 0.6) is 0 Å². The van der Waals surface area contributed by atoms with Crippen molar-refractivity contribution in [3.63, 3.8) is 0 Å². The molecule has 0 radical (unpaired) electrons. The average molecular weight is 375 g/mol. The van der Waals surface area contributed by atoms with Crippen molar-refractivity contribution in [2.75, 3.05) is 10.7 Å². The van der Waals surface area contributed by atoms with Gasteiger partial charge in [0.25, 0.3) is 0 Å². The number of halogens is 1. The zero-order chi connectivity index (χ0) is 19.0. The predicted octanol–water partition coefficient (Wildman–Crippen LogP) is 3.31. The summed E-state index contributed by atoms with van der Waals surface area (Å²) in [7, 11) is 0. The first-order chi connectivity index (χ1) is 12.3. The molecule has 134 valence electrons. The molecule has 1 heterocycles. The number of carbonyl (C=O) groups excluding carboxylic acids is 1. The molecule has 0 bridgehead atoms. The molecule has 26 heavy (non-hydrogen) atoms. The molecule has 0 saturated carbocycles. The number of carboxylic acid groups (broad SMARTS) is 2. The second kappa shape index (κ2) is 6.80. The third-order valence-electron chi connectivity index (χ3n) is 4.08. The smallest absolute Gasteiger partial charge is 0.336 e. The van der Waals surface area contributed by atoms with Crippen LogP contribution < -0.4 is 4.90 Å². The fraction of sp³-hybridized carbons (Fsp3) is 0.167. The summed E-state index contributed by atoms with van der Waals surface area (Å²) in [5.74, 6) is -3.18. The van der Waals surface area contributed by atoms with E-state index in [9.17, 15) is 29.0 Å². The van der Waals surface area contributed by atoms with Gasteiger partial charge >= 0.3 is 11.9 Å². The summed E-state index contributed by atoms with van der Waals surface area (Å²) in [6.45, 7) is 1.62. The lowest BCUT2D eigenvalue weighted by Crippen LogP contribution is -2.29. The van der Waals surface area contributed by atoms with Crippen LogP contribution in [0.1, 0.15) is 37.2 Å². The number of aromatic carboxylic acids is 2. The Hall–Kier alpha value is -2.87. The number of hydrogen-bond acceptors (Lipinski definition) is 4. The molecule has 6 nitrogen and oxygen atoms in total. The Labute approximate surface area is 152 Å². The number of carboxylic acids is 2. The van der Waals surface area contributed by atoms with E-state index in [1.54, 1.807) is 19.1 Å². The largest absolute Gasteiger partial charge is 0.478 e. The average Bonchev–Trinajstić information content (AvgIpc) is 2.96. The standard InChI is InChI=1S/C18H14FNO5S/c1-9-6-12(17(22)23)13(18(24)25)7-14(9)20-15(21)8-26-16(20)10-2-4-11(19)5-3-10/h2-7,16H,8H2,1H3,(H,22,23)(H,24,25). The molecule has 1 atom stereocenters. The van der Waals surface area contributed by atoms with Crippen molar-refractivity contribution in [1.29, 1.82) is 0 Å². The topological polar surface area (TPSA) is 94.9 Å². The second-order valence-electron chi connectivity index (χ2n) is 5.77. The number of nitrogens with zero attached hydrogens (tertiary/aromatic N) is 1. The van der Waals surface area contributed by atoms with Gasteiger partial charge in [-0.2, -0.15) is 0 Å². The number of rotatable bonds is 4. The number of anilines is 1. The molecule has 2 N–H and O–H groups in total. The molecule has 8 heteroatoms. The minimum Gasteiger partial charge on any atom is -0.478 e. The molecule has 2 aromatic rings. The molecule has 1 aliphatic heterocycles. The van der Waals surface area contributed by atoms with Crippen LogP contribution in [-0.4, -0.2) is 33.8 Å². The van der Waals surface area contributed by atoms with Gasteiger partial charge in [-0.05, 0) is 42.3 Å². The fourth-order valence-corrected chi connectivity index (χ4v) is 4.04. The van der Waals surface area contributed by atoms with Gasteiger partial charge in [0, 0.05) is 5.69 Å². The Morgan fingerprint density at radius 2 is 1.69 bits per heavy atom. The maximum atomic E-state index is 13.2. The minimum absolute atomic E-state index is 0.185. The van der Waals surface area contributed by atoms with Crippen LogP contribution >= 0.6 is 11.8 Å². The number of hydrogen-bond donors (Lipinski definition) is 2. The van der Waals surface area contributed by atoms with Crippen molar-refractivity contribution >= 4 is 35.3 Å². The first-order valence-corrected chi connectivity index (χ1v) is 8.65. The SMILES string of the molecule is Cc1cc(C(=O)O)c(C(=O)O)cc1N1C(=O)CSC1c1ccc(F)cc1. The molecule has 1 unspecified atom stereocenters. The summed E-state index contributed by atoms with van der Waals surface area (Å²) in [6.07, 6.45) is 0. The first kappa shape index (κ1) is 17.9. The molecule has 0 aliphatic carbocycles. The number of thioether (sulfide) groups is 1. The number of carbonyl (C=O) groups is 3. The van der Waals surface area contributed by atoms with E-state index in [-0.39, 0.29) is 22.8 Å². The maximum absolute atomic E-state index is 13.2. The van der Waals surface area contributed by atoms with Crippen LogP contribution in [0, 0.1) is 12.7 Å². The third kappa shape index (κ3) is 3.15. The predicted molar refractivity (Wildman–Crippen MR) is 94.2 cm³/mol. The normalized spacial score (nSPS) is 16.8. The van der Waals surface area contributed by atoms with Crippen LogP contribution in [0.2, 0.25) is 0 Å². The van der Waals surface area contributed by atoms with Gasteiger partial charge in [-0.25, -0.2) is 14.0 Å². The molecule has 3 rings (SSSR count). The molecular weight excluding hydrogens is 361 g/mol. The molecule has 1 amide bonds. The van der Waals surface area contributed by atoms with Crippen LogP contribution in [0.4, 0.5) is 10.1 Å². The molecule has 0 aromatic heterocycles. The van der Waals surface area contributed by atoms with Crippen LogP contribution in [0.3, 0.4) is 0 Å². The first-order valence-electron chi connectivity index (χ1n) is 7.60. The Kier molecular flexibility index (Phi) is 4.69. The molecule has 1 saturated heterocycles. The highest BCUT2D eigenvalue weighted by molar-refractivity contribution is 8.00. The zero-order valence-corrected chi connectivity index (χ0v) is 14.4. The van der Waals surface area contributed by atoms with Crippen molar-refractivity contribution in [2.45, 2.75) is 12.3 Å². The lowest BCUT2D eigenvalue weighted by atomic mass is 10.0. The van der Waals surface area contributed by atoms with E-state index < -0.39 is 23.1 Å². The van der Waals surface area contributed by atoms with E-state index in [1.165, 1.54) is 40.9 Å². The molecule has 1 fully saturated rings. The van der Waals surface area contributed by atoms with E-state index in [0.717, 1.165) is 0 Å². The quantitative estimate of drug-likeness (QED) is 0.851. The van der Waals surface area contributed by atoms with Gasteiger partial charge < -0.3 is 10.2 Å². The molecule has 1 aliphatic rings. The van der Waals surface area contributed by atoms with Gasteiger partial charge in [-0.1, -0.05) is 12.1 Å². The summed E-state index contributed by atoms with van der Waals surface area (Å²) in [5.41, 5.74) is 0.768. The Bertz CT molecular complexity index is 913. The fourth-order valence-electron chi connectivity index (χ4n) is 2.87. The van der Waals surface area contributed by atoms with Crippen molar-refractivity contribution in [3.05, 3.63) is 64.5 Å². The van der Waals surface area contributed by atoms with Crippen molar-refractivity contribution < 1.29 is 29.0 Å². The van der Waals surface area contributed by atoms with Crippen LogP contribution in [-0.2, 0) is 4.79 Å². The molecule has 2 aromatic carbocycles. The van der Waals surface area contributed by atoms with Gasteiger partial charge in [-0.15, -0.1) is 11.8 Å². The second-order valence-corrected chi connectivity index (χ2v) is 6.84. The summed E-state index contributed by atoms with van der Waals surface area (Å²) < 4.78 is 13.2. The van der Waals surface area contributed by atoms with E-state index in [4.69, 9.17) is 0 Å². The zero-order valence-electron chi connectivity index (χ0n) is 13.6. The third-order valence-corrected chi connectivity index (χ3v) is 5.29. The maximum Gasteiger partial charge on any atom is 0.336 e. The van der Waals surface area contributed by atoms with Gasteiger partial charge in [0.15, 0.2) is 0 Å². The summed E-state index contributed by atoms with van der Waals surface area (Å²) in [5, 5.41) is 18.1. The van der Waals surface area contributed by atoms with E-state index in [0.29, 0.717) is 16.8 Å². The van der Waals surface area contributed by atoms with Crippen LogP contribution in [0.25, 0.3) is 0 Å². The summed E-state index contributed by atoms with van der Waals surface area (Å²) in [4.78, 5) is 36.7. The highest BCUT2D eigenvalue weighted by Gasteiger charge is 2.35. The Morgan fingerprint density at radius 3 is 2.27 bits per heavy atom. The summed E-state index contributed by atoms with van der Waals surface area (Å²) >= 11 is 1.34. The van der Waals surface area contributed by atoms with Crippen molar-refractivity contribution in [3.8, 4) is 0 Å². The minimum atomic E-state index is -1.39. The van der Waals surface area contributed by atoms with Gasteiger partial charge in [-0.3, -0.25) is 9.69 Å². The lowest BCUT2D eigenvalue weighted by molar-refractivity contribution is -0.115. The Morgan fingerprint density at radius 1 is 1.12 bits per heavy atom. The van der Waals surface area contributed by atoms with Crippen LogP contribution in [0.15, 0.2) is 36.4 Å². The van der Waals surface area contributed by atoms with E-state index >= 15 is 0 Å². The highest BCUT2D eigenvalue weighted by Crippen LogP contribution is 2.43.